The molecular formula is C20H22N4O3S. The molecule has 1 aliphatic rings. The van der Waals surface area contributed by atoms with E-state index >= 15 is 0 Å². The molecule has 1 amide bonds. The van der Waals surface area contributed by atoms with Gasteiger partial charge in [0.1, 0.15) is 5.65 Å². The number of nitrogens with zero attached hydrogens (tertiary/aromatic N) is 3. The van der Waals surface area contributed by atoms with Crippen LogP contribution in [0.2, 0.25) is 0 Å². The van der Waals surface area contributed by atoms with Gasteiger partial charge in [-0.15, -0.1) is 0 Å². The van der Waals surface area contributed by atoms with Gasteiger partial charge in [0.15, 0.2) is 0 Å². The molecule has 0 radical (unpaired) electrons. The average molecular weight is 398 g/mol. The number of sulfonamides is 1. The predicted octanol–water partition coefficient (Wildman–Crippen LogP) is 2.09. The molecule has 2 aromatic heterocycles. The molecule has 1 aliphatic heterocycles. The maximum absolute atomic E-state index is 12.5. The van der Waals surface area contributed by atoms with Crippen LogP contribution in [0.25, 0.3) is 5.65 Å². The van der Waals surface area contributed by atoms with Gasteiger partial charge in [-0.1, -0.05) is 6.07 Å². The van der Waals surface area contributed by atoms with Gasteiger partial charge in [-0.25, -0.2) is 13.4 Å². The quantitative estimate of drug-likeness (QED) is 0.689. The lowest BCUT2D eigenvalue weighted by Crippen LogP contribution is -2.28. The number of pyridine rings is 1. The molecule has 28 heavy (non-hydrogen) atoms. The van der Waals surface area contributed by atoms with Crippen LogP contribution < -0.4 is 5.32 Å². The van der Waals surface area contributed by atoms with Crippen molar-refractivity contribution in [2.75, 3.05) is 19.6 Å². The third-order valence-corrected chi connectivity index (χ3v) is 6.81. The van der Waals surface area contributed by atoms with E-state index in [-0.39, 0.29) is 10.8 Å². The van der Waals surface area contributed by atoms with Crippen molar-refractivity contribution < 1.29 is 13.2 Å². The molecule has 3 heterocycles. The SMILES string of the molecule is O=C(NCCc1cn2ccccc2n1)c1ccc(S(=O)(=O)N2CCCC2)cc1. The minimum atomic E-state index is -3.46. The molecule has 1 saturated heterocycles. The minimum absolute atomic E-state index is 0.228. The van der Waals surface area contributed by atoms with E-state index in [1.807, 2.05) is 35.0 Å². The number of hydrogen-bond acceptors (Lipinski definition) is 4. The lowest BCUT2D eigenvalue weighted by molar-refractivity contribution is 0.0954. The van der Waals surface area contributed by atoms with Crippen LogP contribution in [-0.2, 0) is 16.4 Å². The molecule has 1 fully saturated rings. The van der Waals surface area contributed by atoms with E-state index in [1.54, 1.807) is 12.1 Å². The number of hydrogen-bond donors (Lipinski definition) is 1. The van der Waals surface area contributed by atoms with Crippen molar-refractivity contribution in [1.82, 2.24) is 19.0 Å². The Labute approximate surface area is 164 Å². The predicted molar refractivity (Wildman–Crippen MR) is 106 cm³/mol. The standard InChI is InChI=1S/C20H22N4O3S/c25-20(21-11-10-17-15-23-12-2-1-5-19(23)22-17)16-6-8-18(9-7-16)28(26,27)24-13-3-4-14-24/h1-2,5-9,12,15H,3-4,10-11,13-14H2,(H,21,25). The maximum atomic E-state index is 12.5. The Morgan fingerprint density at radius 3 is 2.54 bits per heavy atom. The molecule has 4 rings (SSSR count). The highest BCUT2D eigenvalue weighted by atomic mass is 32.2. The Hall–Kier alpha value is -2.71. The second kappa shape index (κ2) is 7.73. The number of imidazole rings is 1. The molecule has 0 bridgehead atoms. The Morgan fingerprint density at radius 1 is 1.07 bits per heavy atom. The summed E-state index contributed by atoms with van der Waals surface area (Å²) in [5, 5.41) is 2.86. The van der Waals surface area contributed by atoms with Gasteiger partial charge in [0, 0.05) is 44.0 Å². The number of amides is 1. The fraction of sp³-hybridized carbons (Fsp3) is 0.300. The van der Waals surface area contributed by atoms with Crippen LogP contribution in [0.15, 0.2) is 59.8 Å². The molecule has 0 unspecified atom stereocenters. The zero-order valence-corrected chi connectivity index (χ0v) is 16.2. The Balaban J connectivity index is 1.35. The van der Waals surface area contributed by atoms with Gasteiger partial charge in [0.05, 0.1) is 10.6 Å². The summed E-state index contributed by atoms with van der Waals surface area (Å²) in [6.45, 7) is 1.58. The highest BCUT2D eigenvalue weighted by molar-refractivity contribution is 7.89. The van der Waals surface area contributed by atoms with E-state index in [2.05, 4.69) is 10.3 Å². The largest absolute Gasteiger partial charge is 0.352 e. The van der Waals surface area contributed by atoms with Crippen LogP contribution in [0, 0.1) is 0 Å². The molecule has 7 nitrogen and oxygen atoms in total. The van der Waals surface area contributed by atoms with Crippen molar-refractivity contribution in [3.05, 3.63) is 66.1 Å². The van der Waals surface area contributed by atoms with E-state index in [0.29, 0.717) is 31.6 Å². The Bertz CT molecular complexity index is 1050. The van der Waals surface area contributed by atoms with Gasteiger partial charge >= 0.3 is 0 Å². The molecule has 3 aromatic rings. The zero-order chi connectivity index (χ0) is 19.6. The molecule has 1 aromatic carbocycles. The Kier molecular flexibility index (Phi) is 5.15. The van der Waals surface area contributed by atoms with Gasteiger partial charge in [-0.3, -0.25) is 4.79 Å². The number of rotatable bonds is 6. The van der Waals surface area contributed by atoms with Crippen molar-refractivity contribution in [2.24, 2.45) is 0 Å². The number of carbonyl (C=O) groups is 1. The first kappa shape index (κ1) is 18.6. The monoisotopic (exact) mass is 398 g/mol. The molecule has 0 atom stereocenters. The summed E-state index contributed by atoms with van der Waals surface area (Å²) >= 11 is 0. The number of benzene rings is 1. The van der Waals surface area contributed by atoms with Crippen molar-refractivity contribution in [2.45, 2.75) is 24.2 Å². The van der Waals surface area contributed by atoms with Gasteiger partial charge in [-0.2, -0.15) is 4.31 Å². The second-order valence-corrected chi connectivity index (χ2v) is 8.78. The maximum Gasteiger partial charge on any atom is 0.251 e. The third kappa shape index (κ3) is 3.79. The van der Waals surface area contributed by atoms with Crippen LogP contribution >= 0.6 is 0 Å². The molecular weight excluding hydrogens is 376 g/mol. The summed E-state index contributed by atoms with van der Waals surface area (Å²) < 4.78 is 28.5. The highest BCUT2D eigenvalue weighted by Crippen LogP contribution is 2.21. The van der Waals surface area contributed by atoms with Crippen LogP contribution in [0.5, 0.6) is 0 Å². The van der Waals surface area contributed by atoms with Gasteiger partial charge < -0.3 is 9.72 Å². The summed E-state index contributed by atoms with van der Waals surface area (Å²) in [7, 11) is -3.46. The van der Waals surface area contributed by atoms with Gasteiger partial charge in [-0.05, 0) is 49.2 Å². The number of carbonyl (C=O) groups excluding carboxylic acids is 1. The molecule has 0 spiro atoms. The normalized spacial score (nSPS) is 15.1. The Morgan fingerprint density at radius 2 is 1.82 bits per heavy atom. The second-order valence-electron chi connectivity index (χ2n) is 6.84. The van der Waals surface area contributed by atoms with E-state index in [4.69, 9.17) is 0 Å². The summed E-state index contributed by atoms with van der Waals surface area (Å²) in [6.07, 6.45) is 6.29. The fourth-order valence-electron chi connectivity index (χ4n) is 3.37. The van der Waals surface area contributed by atoms with E-state index < -0.39 is 10.0 Å². The molecule has 8 heteroatoms. The summed E-state index contributed by atoms with van der Waals surface area (Å²) in [5.41, 5.74) is 2.22. The van der Waals surface area contributed by atoms with Crippen LogP contribution in [0.1, 0.15) is 28.9 Å². The van der Waals surface area contributed by atoms with Gasteiger partial charge in [0.2, 0.25) is 10.0 Å². The smallest absolute Gasteiger partial charge is 0.251 e. The first-order chi connectivity index (χ1) is 13.5. The van der Waals surface area contributed by atoms with Crippen molar-refractivity contribution >= 4 is 21.6 Å². The van der Waals surface area contributed by atoms with Crippen molar-refractivity contribution in [3.8, 4) is 0 Å². The van der Waals surface area contributed by atoms with Crippen LogP contribution in [-0.4, -0.2) is 47.6 Å². The average Bonchev–Trinajstić information content (AvgIpc) is 3.38. The van der Waals surface area contributed by atoms with Crippen LogP contribution in [0.3, 0.4) is 0 Å². The third-order valence-electron chi connectivity index (χ3n) is 4.90. The summed E-state index contributed by atoms with van der Waals surface area (Å²) in [5.74, 6) is -0.228. The highest BCUT2D eigenvalue weighted by Gasteiger charge is 2.27. The minimum Gasteiger partial charge on any atom is -0.352 e. The zero-order valence-electron chi connectivity index (χ0n) is 15.4. The van der Waals surface area contributed by atoms with Crippen molar-refractivity contribution in [1.29, 1.82) is 0 Å². The lowest BCUT2D eigenvalue weighted by Gasteiger charge is -2.15. The first-order valence-corrected chi connectivity index (χ1v) is 10.8. The first-order valence-electron chi connectivity index (χ1n) is 9.35. The number of aromatic nitrogens is 2. The van der Waals surface area contributed by atoms with Crippen molar-refractivity contribution in [3.63, 3.8) is 0 Å². The summed E-state index contributed by atoms with van der Waals surface area (Å²) in [4.78, 5) is 17.1. The van der Waals surface area contributed by atoms with E-state index in [9.17, 15) is 13.2 Å². The molecule has 146 valence electrons. The van der Waals surface area contributed by atoms with Crippen LogP contribution in [0.4, 0.5) is 0 Å². The summed E-state index contributed by atoms with van der Waals surface area (Å²) in [6, 6.07) is 11.9. The number of nitrogens with one attached hydrogen (secondary N) is 1. The lowest BCUT2D eigenvalue weighted by atomic mass is 10.2. The van der Waals surface area contributed by atoms with E-state index in [1.165, 1.54) is 16.4 Å². The topological polar surface area (TPSA) is 83.8 Å². The fourth-order valence-corrected chi connectivity index (χ4v) is 4.89. The number of fused-ring (bicyclic) bond motifs is 1. The molecule has 0 saturated carbocycles. The van der Waals surface area contributed by atoms with Gasteiger partial charge in [0.25, 0.3) is 5.91 Å². The van der Waals surface area contributed by atoms with E-state index in [0.717, 1.165) is 24.2 Å². The molecule has 0 aliphatic carbocycles. The molecule has 1 N–H and O–H groups in total.